The molecule has 0 amide bonds. The molecule has 0 aliphatic heterocycles. The fraction of sp³-hybridized carbons (Fsp3) is 0. The molecule has 7 aromatic carbocycles. The Morgan fingerprint density at radius 1 is 0.381 bits per heavy atom. The number of thiophene rings is 2. The maximum atomic E-state index is 2.42. The van der Waals surface area contributed by atoms with E-state index in [1.54, 1.807) is 0 Å². The van der Waals surface area contributed by atoms with E-state index in [-0.39, 0.29) is 0 Å². The van der Waals surface area contributed by atoms with Gasteiger partial charge in [-0.05, 0) is 66.9 Å². The zero-order valence-electron chi connectivity index (χ0n) is 22.7. The monoisotopic (exact) mass is 568 g/mol. The van der Waals surface area contributed by atoms with Crippen LogP contribution in [0.4, 0.5) is 0 Å². The predicted octanol–water partition coefficient (Wildman–Crippen LogP) is 12.6. The summed E-state index contributed by atoms with van der Waals surface area (Å²) in [7, 11) is 0. The second-order valence-corrected chi connectivity index (χ2v) is 12.8. The minimum atomic E-state index is 1.26. The van der Waals surface area contributed by atoms with Crippen molar-refractivity contribution in [2.45, 2.75) is 0 Å². The minimum absolute atomic E-state index is 1.26. The highest BCUT2D eigenvalue weighted by Gasteiger charge is 2.18. The van der Waals surface area contributed by atoms with Crippen LogP contribution in [0.3, 0.4) is 0 Å². The van der Waals surface area contributed by atoms with Crippen LogP contribution in [-0.4, -0.2) is 0 Å². The van der Waals surface area contributed by atoms with E-state index in [4.69, 9.17) is 0 Å². The van der Waals surface area contributed by atoms with Crippen LogP contribution in [-0.2, 0) is 0 Å². The Hall–Kier alpha value is -4.76. The van der Waals surface area contributed by atoms with E-state index in [0.717, 1.165) is 0 Å². The minimum Gasteiger partial charge on any atom is -0.142 e. The van der Waals surface area contributed by atoms with Crippen molar-refractivity contribution in [3.8, 4) is 33.4 Å². The number of fused-ring (bicyclic) bond motifs is 7. The van der Waals surface area contributed by atoms with Gasteiger partial charge in [0.05, 0.1) is 0 Å². The van der Waals surface area contributed by atoms with Crippen molar-refractivity contribution in [1.82, 2.24) is 0 Å². The highest BCUT2D eigenvalue weighted by atomic mass is 32.1. The maximum Gasteiger partial charge on any atom is 0.0442 e. The molecule has 0 saturated heterocycles. The molecule has 2 heteroatoms. The van der Waals surface area contributed by atoms with Crippen molar-refractivity contribution in [1.29, 1.82) is 0 Å². The summed E-state index contributed by atoms with van der Waals surface area (Å²) in [5.74, 6) is 0. The number of hydrogen-bond acceptors (Lipinski definition) is 2. The van der Waals surface area contributed by atoms with Gasteiger partial charge in [-0.15, -0.1) is 22.7 Å². The number of hydrogen-bond donors (Lipinski definition) is 0. The number of rotatable bonds is 3. The zero-order chi connectivity index (χ0) is 27.6. The zero-order valence-corrected chi connectivity index (χ0v) is 24.3. The third-order valence-corrected chi connectivity index (χ3v) is 10.7. The highest BCUT2D eigenvalue weighted by molar-refractivity contribution is 7.27. The van der Waals surface area contributed by atoms with Crippen LogP contribution in [0.2, 0.25) is 0 Å². The van der Waals surface area contributed by atoms with E-state index >= 15 is 0 Å². The molecular weight excluding hydrogens is 545 g/mol. The summed E-state index contributed by atoms with van der Waals surface area (Å²) < 4.78 is 4.07. The summed E-state index contributed by atoms with van der Waals surface area (Å²) in [6.07, 6.45) is 0. The summed E-state index contributed by atoms with van der Waals surface area (Å²) in [4.78, 5) is 0. The van der Waals surface area contributed by atoms with Crippen LogP contribution in [0, 0.1) is 0 Å². The molecule has 2 heterocycles. The molecule has 0 atom stereocenters. The Morgan fingerprint density at radius 2 is 0.929 bits per heavy atom. The summed E-state index contributed by atoms with van der Waals surface area (Å²) in [5.41, 5.74) is 7.75. The van der Waals surface area contributed by atoms with Crippen LogP contribution in [0.25, 0.3) is 85.2 Å². The largest absolute Gasteiger partial charge is 0.142 e. The van der Waals surface area contributed by atoms with Crippen LogP contribution >= 0.6 is 22.7 Å². The van der Waals surface area contributed by atoms with Crippen LogP contribution in [0.15, 0.2) is 145 Å². The van der Waals surface area contributed by atoms with E-state index < -0.39 is 0 Å². The molecule has 2 aromatic heterocycles. The van der Waals surface area contributed by atoms with Crippen molar-refractivity contribution in [3.63, 3.8) is 0 Å². The van der Waals surface area contributed by atoms with Gasteiger partial charge in [0.2, 0.25) is 0 Å². The molecule has 0 fully saturated rings. The summed E-state index contributed by atoms with van der Waals surface area (Å²) in [6, 6.07) is 51.1. The molecule has 0 N–H and O–H groups in total. The van der Waals surface area contributed by atoms with Crippen molar-refractivity contribution in [2.24, 2.45) is 0 Å². The maximum absolute atomic E-state index is 2.42. The molecule has 0 aliphatic rings. The van der Waals surface area contributed by atoms with Gasteiger partial charge in [0.25, 0.3) is 0 Å². The van der Waals surface area contributed by atoms with Crippen LogP contribution in [0.5, 0.6) is 0 Å². The molecule has 0 saturated carbocycles. The molecular formula is C40H24S2. The molecule has 0 spiro atoms. The average molecular weight is 569 g/mol. The van der Waals surface area contributed by atoms with E-state index in [9.17, 15) is 0 Å². The van der Waals surface area contributed by atoms with Crippen molar-refractivity contribution < 1.29 is 0 Å². The van der Waals surface area contributed by atoms with Crippen LogP contribution in [0.1, 0.15) is 0 Å². The second-order valence-electron chi connectivity index (χ2n) is 10.9. The van der Waals surface area contributed by atoms with Crippen molar-refractivity contribution >= 4 is 74.5 Å². The SMILES string of the molecule is c1ccc(-c2c3ccccc3c(-c3ccc4c(c3)sc3ccc5c(-c6ccccc6)csc5c34)c3ccccc23)cc1. The Bertz CT molecular complexity index is 2390. The third kappa shape index (κ3) is 3.53. The van der Waals surface area contributed by atoms with Gasteiger partial charge in [0.15, 0.2) is 0 Å². The van der Waals surface area contributed by atoms with Gasteiger partial charge in [-0.3, -0.25) is 0 Å². The predicted molar refractivity (Wildman–Crippen MR) is 186 cm³/mol. The average Bonchev–Trinajstić information content (AvgIpc) is 3.65. The summed E-state index contributed by atoms with van der Waals surface area (Å²) >= 11 is 3.78. The smallest absolute Gasteiger partial charge is 0.0442 e. The first-order valence-corrected chi connectivity index (χ1v) is 16.0. The standard InChI is InChI=1S/C40H24S2/c1-3-11-25(12-4-1)34-24-41-40-32(34)21-22-35-39(40)33-20-19-27(23-36(33)42-35)38-30-17-9-7-15-28(30)37(26-13-5-2-6-14-26)29-16-8-10-18-31(29)38/h1-24H. The van der Waals surface area contributed by atoms with E-state index in [1.807, 2.05) is 22.7 Å². The summed E-state index contributed by atoms with van der Waals surface area (Å²) in [6.45, 7) is 0. The van der Waals surface area contributed by atoms with Gasteiger partial charge in [0.1, 0.15) is 0 Å². The first-order chi connectivity index (χ1) is 20.8. The van der Waals surface area contributed by atoms with Gasteiger partial charge in [-0.25, -0.2) is 0 Å². The lowest BCUT2D eigenvalue weighted by Gasteiger charge is -2.17. The fourth-order valence-corrected chi connectivity index (χ4v) is 9.06. The molecule has 196 valence electrons. The molecule has 0 radical (unpaired) electrons. The first kappa shape index (κ1) is 23.9. The van der Waals surface area contributed by atoms with Crippen molar-refractivity contribution in [2.75, 3.05) is 0 Å². The molecule has 0 aliphatic carbocycles. The molecule has 0 unspecified atom stereocenters. The van der Waals surface area contributed by atoms with Crippen LogP contribution < -0.4 is 0 Å². The lowest BCUT2D eigenvalue weighted by molar-refractivity contribution is 1.66. The molecule has 0 nitrogen and oxygen atoms in total. The van der Waals surface area contributed by atoms with Gasteiger partial charge in [-0.2, -0.15) is 0 Å². The molecule has 9 rings (SSSR count). The van der Waals surface area contributed by atoms with E-state index in [1.165, 1.54) is 85.2 Å². The topological polar surface area (TPSA) is 0 Å². The Morgan fingerprint density at radius 3 is 1.57 bits per heavy atom. The van der Waals surface area contributed by atoms with Gasteiger partial charge >= 0.3 is 0 Å². The quantitative estimate of drug-likeness (QED) is 0.186. The van der Waals surface area contributed by atoms with Crippen molar-refractivity contribution in [3.05, 3.63) is 145 Å². The van der Waals surface area contributed by atoms with E-state index in [0.29, 0.717) is 0 Å². The fourth-order valence-electron chi connectivity index (χ4n) is 6.70. The third-order valence-electron chi connectivity index (χ3n) is 8.54. The molecule has 9 aromatic rings. The molecule has 0 bridgehead atoms. The second kappa shape index (κ2) is 9.39. The number of benzene rings is 7. The van der Waals surface area contributed by atoms with Gasteiger partial charge in [-0.1, -0.05) is 127 Å². The Labute approximate surface area is 251 Å². The first-order valence-electron chi connectivity index (χ1n) is 14.3. The van der Waals surface area contributed by atoms with E-state index in [2.05, 4.69) is 145 Å². The lowest BCUT2D eigenvalue weighted by atomic mass is 9.86. The van der Waals surface area contributed by atoms with Gasteiger partial charge < -0.3 is 0 Å². The van der Waals surface area contributed by atoms with Gasteiger partial charge in [0, 0.05) is 35.8 Å². The summed E-state index contributed by atoms with van der Waals surface area (Å²) in [5, 5.41) is 11.6. The normalized spacial score (nSPS) is 11.8. The molecule has 42 heavy (non-hydrogen) atoms. The Balaban J connectivity index is 1.31. The lowest BCUT2D eigenvalue weighted by Crippen LogP contribution is -1.90. The Kier molecular flexibility index (Phi) is 5.34. The highest BCUT2D eigenvalue weighted by Crippen LogP contribution is 2.47.